The highest BCUT2D eigenvalue weighted by Crippen LogP contribution is 2.44. The number of anilines is 1. The number of rotatable bonds is 7. The molecule has 8 nitrogen and oxygen atoms in total. The molecule has 0 fully saturated rings. The second-order valence-electron chi connectivity index (χ2n) is 9.25. The molecule has 182 valence electrons. The number of amides is 2. The average molecular weight is 494 g/mol. The molecule has 1 heterocycles. The highest BCUT2D eigenvalue weighted by Gasteiger charge is 2.30. The Labute approximate surface area is 207 Å². The van der Waals surface area contributed by atoms with Crippen molar-refractivity contribution < 1.29 is 24.2 Å². The zero-order valence-electron chi connectivity index (χ0n) is 19.8. The maximum Gasteiger partial charge on any atom is 0.413 e. The summed E-state index contributed by atoms with van der Waals surface area (Å²) in [6, 6.07) is 16.2. The lowest BCUT2D eigenvalue weighted by Gasteiger charge is -2.35. The molecule has 0 bridgehead atoms. The van der Waals surface area contributed by atoms with E-state index in [1.165, 1.54) is 11.1 Å². The number of ether oxygens (including phenoxy) is 1. The number of hydrogen-bond acceptors (Lipinski definition) is 6. The van der Waals surface area contributed by atoms with E-state index in [1.54, 1.807) is 0 Å². The molecule has 0 unspecified atom stereocenters. The fourth-order valence-electron chi connectivity index (χ4n) is 4.23. The zero-order valence-corrected chi connectivity index (χ0v) is 20.6. The molecule has 2 N–H and O–H groups in total. The summed E-state index contributed by atoms with van der Waals surface area (Å²) >= 11 is 1.02. The Balaban J connectivity index is 1.40. The molecular weight excluding hydrogens is 466 g/mol. The highest BCUT2D eigenvalue weighted by molar-refractivity contribution is 7.17. The molecular formula is C26H27N3O5S. The summed E-state index contributed by atoms with van der Waals surface area (Å²) in [5.41, 5.74) is 3.95. The van der Waals surface area contributed by atoms with E-state index in [0.29, 0.717) is 4.88 Å². The number of nitrogens with zero attached hydrogens (tertiary/aromatic N) is 2. The summed E-state index contributed by atoms with van der Waals surface area (Å²) in [4.78, 5) is 42.4. The van der Waals surface area contributed by atoms with Crippen molar-refractivity contribution in [1.82, 2.24) is 9.88 Å². The van der Waals surface area contributed by atoms with E-state index in [0.717, 1.165) is 33.6 Å². The number of nitrogens with one attached hydrogen (secondary N) is 1. The van der Waals surface area contributed by atoms with Gasteiger partial charge < -0.3 is 14.7 Å². The third kappa shape index (κ3) is 5.35. The number of carboxylic acids is 1. The maximum absolute atomic E-state index is 13.0. The lowest BCUT2D eigenvalue weighted by Crippen LogP contribution is -2.46. The predicted octanol–water partition coefficient (Wildman–Crippen LogP) is 5.22. The third-order valence-electron chi connectivity index (χ3n) is 5.87. The van der Waals surface area contributed by atoms with E-state index in [2.05, 4.69) is 22.4 Å². The van der Waals surface area contributed by atoms with E-state index >= 15 is 0 Å². The number of fused-ring (bicyclic) bond motifs is 3. The van der Waals surface area contributed by atoms with Crippen LogP contribution in [0.15, 0.2) is 54.7 Å². The van der Waals surface area contributed by atoms with E-state index < -0.39 is 17.6 Å². The van der Waals surface area contributed by atoms with E-state index in [1.807, 2.05) is 57.2 Å². The van der Waals surface area contributed by atoms with Crippen LogP contribution in [0.5, 0.6) is 0 Å². The first-order chi connectivity index (χ1) is 16.6. The topological polar surface area (TPSA) is 109 Å². The van der Waals surface area contributed by atoms with Gasteiger partial charge >= 0.3 is 12.1 Å². The molecule has 3 aromatic rings. The minimum atomic E-state index is -0.978. The zero-order chi connectivity index (χ0) is 25.2. The Morgan fingerprint density at radius 3 is 2.23 bits per heavy atom. The van der Waals surface area contributed by atoms with Gasteiger partial charge in [-0.05, 0) is 43.0 Å². The van der Waals surface area contributed by atoms with Crippen molar-refractivity contribution in [3.05, 3.63) is 70.7 Å². The van der Waals surface area contributed by atoms with Gasteiger partial charge in [0, 0.05) is 18.0 Å². The number of aliphatic carboxylic acids is 1. The van der Waals surface area contributed by atoms with Crippen LogP contribution in [0.4, 0.5) is 9.93 Å². The Hall–Kier alpha value is -3.72. The molecule has 1 aliphatic carbocycles. The van der Waals surface area contributed by atoms with Crippen LogP contribution >= 0.6 is 11.3 Å². The van der Waals surface area contributed by atoms with Crippen molar-refractivity contribution in [2.45, 2.75) is 38.6 Å². The van der Waals surface area contributed by atoms with E-state index in [-0.39, 0.29) is 36.5 Å². The van der Waals surface area contributed by atoms with Crippen molar-refractivity contribution in [3.8, 4) is 11.1 Å². The van der Waals surface area contributed by atoms with Gasteiger partial charge in [-0.3, -0.25) is 14.9 Å². The van der Waals surface area contributed by atoms with Crippen molar-refractivity contribution in [2.75, 3.05) is 18.5 Å². The number of carbonyl (C=O) groups is 3. The number of carboxylic acid groups (broad SMARTS) is 1. The summed E-state index contributed by atoms with van der Waals surface area (Å²) in [7, 11) is 0. The first-order valence-electron chi connectivity index (χ1n) is 11.3. The van der Waals surface area contributed by atoms with Crippen molar-refractivity contribution in [1.29, 1.82) is 0 Å². The molecule has 1 aliphatic rings. The van der Waals surface area contributed by atoms with Crippen LogP contribution in [-0.2, 0) is 9.53 Å². The Morgan fingerprint density at radius 1 is 1.06 bits per heavy atom. The van der Waals surface area contributed by atoms with Crippen LogP contribution in [0.25, 0.3) is 11.1 Å². The first kappa shape index (κ1) is 24.4. The van der Waals surface area contributed by atoms with Gasteiger partial charge in [0.2, 0.25) is 0 Å². The smallest absolute Gasteiger partial charge is 0.413 e. The fraction of sp³-hybridized carbons (Fsp3) is 0.308. The summed E-state index contributed by atoms with van der Waals surface area (Å²) < 4.78 is 5.54. The summed E-state index contributed by atoms with van der Waals surface area (Å²) in [5.74, 6) is -1.37. The molecule has 9 heteroatoms. The van der Waals surface area contributed by atoms with Crippen molar-refractivity contribution in [3.63, 3.8) is 0 Å². The Morgan fingerprint density at radius 2 is 1.66 bits per heavy atom. The van der Waals surface area contributed by atoms with Gasteiger partial charge in [0.1, 0.15) is 11.5 Å². The molecule has 2 aromatic carbocycles. The summed E-state index contributed by atoms with van der Waals surface area (Å²) in [6.45, 7) is 5.76. The monoisotopic (exact) mass is 493 g/mol. The predicted molar refractivity (Wildman–Crippen MR) is 134 cm³/mol. The molecule has 0 saturated carbocycles. The van der Waals surface area contributed by atoms with Gasteiger partial charge in [0.05, 0.1) is 12.6 Å². The molecule has 0 spiro atoms. The van der Waals surface area contributed by atoms with Crippen LogP contribution < -0.4 is 5.32 Å². The standard InChI is InChI=1S/C26H27N3O5S/c1-26(2,3)29(13-12-22(30)31)23(32)21-14-27-24(35-21)28-25(33)34-15-20-18-10-6-4-8-16(18)17-9-5-7-11-19(17)20/h4-11,14,20H,12-13,15H2,1-3H3,(H,30,31)(H,27,28,33). The molecule has 2 amide bonds. The third-order valence-corrected chi connectivity index (χ3v) is 6.77. The second kappa shape index (κ2) is 9.87. The molecule has 4 rings (SSSR count). The molecule has 35 heavy (non-hydrogen) atoms. The van der Waals surface area contributed by atoms with Crippen LogP contribution in [-0.4, -0.2) is 51.7 Å². The SMILES string of the molecule is CC(C)(C)N(CCC(=O)O)C(=O)c1cnc(NC(=O)OCC2c3ccccc3-c3ccccc32)s1. The van der Waals surface area contributed by atoms with Crippen LogP contribution in [0, 0.1) is 0 Å². The Kier molecular flexibility index (Phi) is 6.88. The first-order valence-corrected chi connectivity index (χ1v) is 12.1. The number of aromatic nitrogens is 1. The van der Waals surface area contributed by atoms with Crippen molar-refractivity contribution >= 4 is 34.4 Å². The van der Waals surface area contributed by atoms with Gasteiger partial charge in [-0.25, -0.2) is 9.78 Å². The number of carbonyl (C=O) groups excluding carboxylic acids is 2. The summed E-state index contributed by atoms with van der Waals surface area (Å²) in [5, 5.41) is 11.8. The number of hydrogen-bond donors (Lipinski definition) is 2. The minimum Gasteiger partial charge on any atom is -0.481 e. The number of thiazole rings is 1. The van der Waals surface area contributed by atoms with E-state index in [4.69, 9.17) is 9.84 Å². The van der Waals surface area contributed by atoms with Crippen LogP contribution in [0.3, 0.4) is 0 Å². The van der Waals surface area contributed by atoms with Crippen LogP contribution in [0.2, 0.25) is 0 Å². The minimum absolute atomic E-state index is 0.0591. The van der Waals surface area contributed by atoms with Gasteiger partial charge in [-0.1, -0.05) is 59.9 Å². The van der Waals surface area contributed by atoms with Gasteiger partial charge in [-0.2, -0.15) is 0 Å². The quantitative estimate of drug-likeness (QED) is 0.467. The Bertz CT molecular complexity index is 1220. The normalized spacial score (nSPS) is 12.5. The van der Waals surface area contributed by atoms with Gasteiger partial charge in [-0.15, -0.1) is 0 Å². The summed E-state index contributed by atoms with van der Waals surface area (Å²) in [6.07, 6.45) is 0.567. The molecule has 0 saturated heterocycles. The van der Waals surface area contributed by atoms with E-state index in [9.17, 15) is 14.4 Å². The highest BCUT2D eigenvalue weighted by atomic mass is 32.1. The fourth-order valence-corrected chi connectivity index (χ4v) is 4.99. The molecule has 0 aliphatic heterocycles. The maximum atomic E-state index is 13.0. The largest absolute Gasteiger partial charge is 0.481 e. The molecule has 1 aromatic heterocycles. The lowest BCUT2D eigenvalue weighted by molar-refractivity contribution is -0.137. The molecule has 0 atom stereocenters. The molecule has 0 radical (unpaired) electrons. The van der Waals surface area contributed by atoms with Gasteiger partial charge in [0.25, 0.3) is 5.91 Å². The average Bonchev–Trinajstić information content (AvgIpc) is 3.39. The van der Waals surface area contributed by atoms with Crippen LogP contribution in [0.1, 0.15) is 53.9 Å². The second-order valence-corrected chi connectivity index (χ2v) is 10.3. The number of benzene rings is 2. The van der Waals surface area contributed by atoms with Gasteiger partial charge in [0.15, 0.2) is 5.13 Å². The van der Waals surface area contributed by atoms with Crippen molar-refractivity contribution in [2.24, 2.45) is 0 Å². The lowest BCUT2D eigenvalue weighted by atomic mass is 9.98.